The molecule has 0 radical (unpaired) electrons. The number of urea groups is 1. The van der Waals surface area contributed by atoms with Crippen LogP contribution in [0.1, 0.15) is 106 Å². The molecule has 6 amide bonds. The minimum atomic E-state index is -1.09. The van der Waals surface area contributed by atoms with Gasteiger partial charge in [-0.1, -0.05) is 73.1 Å². The Labute approximate surface area is 273 Å². The number of carbonyl (C=O) groups excluding carboxylic acids is 6. The highest BCUT2D eigenvalue weighted by molar-refractivity contribution is 6.37. The van der Waals surface area contributed by atoms with Crippen LogP contribution in [0.15, 0.2) is 0 Å². The van der Waals surface area contributed by atoms with E-state index in [-0.39, 0.29) is 24.3 Å². The first-order valence-electron chi connectivity index (χ1n) is 17.0. The first-order valence-corrected chi connectivity index (χ1v) is 17.0. The molecule has 1 saturated heterocycles. The van der Waals surface area contributed by atoms with Crippen molar-refractivity contribution in [2.75, 3.05) is 19.7 Å². The van der Waals surface area contributed by atoms with E-state index in [9.17, 15) is 28.8 Å². The predicted octanol–water partition coefficient (Wildman–Crippen LogP) is 2.75. The van der Waals surface area contributed by atoms with E-state index in [4.69, 9.17) is 10.5 Å². The van der Waals surface area contributed by atoms with Crippen LogP contribution in [-0.4, -0.2) is 84.4 Å². The van der Waals surface area contributed by atoms with Gasteiger partial charge in [0.2, 0.25) is 17.6 Å². The Morgan fingerprint density at radius 3 is 2.15 bits per heavy atom. The molecule has 3 aliphatic rings. The van der Waals surface area contributed by atoms with Gasteiger partial charge in [-0.3, -0.25) is 19.2 Å². The lowest BCUT2D eigenvalue weighted by atomic mass is 9.70. The van der Waals surface area contributed by atoms with Crippen molar-refractivity contribution in [3.8, 4) is 0 Å². The highest BCUT2D eigenvalue weighted by Gasteiger charge is 2.49. The molecule has 46 heavy (non-hydrogen) atoms. The van der Waals surface area contributed by atoms with Gasteiger partial charge in [-0.05, 0) is 55.3 Å². The molecule has 6 N–H and O–H groups in total. The minimum Gasteiger partial charge on any atom is -0.447 e. The lowest BCUT2D eigenvalue weighted by Gasteiger charge is -2.43. The van der Waals surface area contributed by atoms with Crippen molar-refractivity contribution in [1.82, 2.24) is 26.2 Å². The molecule has 3 rings (SSSR count). The number of ether oxygens (including phenoxy) is 1. The van der Waals surface area contributed by atoms with Gasteiger partial charge in [0.1, 0.15) is 18.7 Å². The predicted molar refractivity (Wildman–Crippen MR) is 172 cm³/mol. The second kappa shape index (κ2) is 15.9. The zero-order chi connectivity index (χ0) is 34.2. The van der Waals surface area contributed by atoms with Gasteiger partial charge in [-0.25, -0.2) is 9.59 Å². The number of nitrogens with zero attached hydrogens (tertiary/aromatic N) is 1. The third kappa shape index (κ3) is 9.81. The summed E-state index contributed by atoms with van der Waals surface area (Å²) in [6, 6.07) is -3.91. The number of hydrogen-bond donors (Lipinski definition) is 5. The first-order chi connectivity index (χ1) is 21.6. The Morgan fingerprint density at radius 1 is 0.957 bits per heavy atom. The maximum Gasteiger partial charge on any atom is 0.407 e. The monoisotopic (exact) mass is 648 g/mol. The van der Waals surface area contributed by atoms with Gasteiger partial charge in [0, 0.05) is 13.1 Å². The van der Waals surface area contributed by atoms with Crippen LogP contribution >= 0.6 is 0 Å². The van der Waals surface area contributed by atoms with Gasteiger partial charge in [0.05, 0.1) is 12.1 Å². The first kappa shape index (κ1) is 37.1. The van der Waals surface area contributed by atoms with E-state index >= 15 is 0 Å². The van der Waals surface area contributed by atoms with Crippen LogP contribution in [0.5, 0.6) is 0 Å². The Bertz CT molecular complexity index is 1130. The summed E-state index contributed by atoms with van der Waals surface area (Å²) < 4.78 is 5.33. The van der Waals surface area contributed by atoms with Gasteiger partial charge in [-0.2, -0.15) is 0 Å². The average Bonchev–Trinajstić information content (AvgIpc) is 3.70. The van der Waals surface area contributed by atoms with Crippen molar-refractivity contribution in [3.05, 3.63) is 0 Å². The number of alkyl carbamates (subject to hydrolysis) is 1. The summed E-state index contributed by atoms with van der Waals surface area (Å²) in [7, 11) is 0. The minimum absolute atomic E-state index is 0.0583. The number of rotatable bonds is 14. The smallest absolute Gasteiger partial charge is 0.407 e. The number of carbonyl (C=O) groups is 6. The summed E-state index contributed by atoms with van der Waals surface area (Å²) in [5.74, 6) is -2.66. The summed E-state index contributed by atoms with van der Waals surface area (Å²) in [6.07, 6.45) is 7.14. The van der Waals surface area contributed by atoms with Gasteiger partial charge in [0.15, 0.2) is 0 Å². The van der Waals surface area contributed by atoms with E-state index in [1.807, 2.05) is 34.6 Å². The van der Waals surface area contributed by atoms with Crippen molar-refractivity contribution < 1.29 is 33.5 Å². The number of amides is 6. The summed E-state index contributed by atoms with van der Waals surface area (Å²) in [6.45, 7) is 12.2. The molecular weight excluding hydrogens is 592 g/mol. The molecule has 0 aromatic rings. The topological polar surface area (TPSA) is 189 Å². The second-order valence-electron chi connectivity index (χ2n) is 14.7. The van der Waals surface area contributed by atoms with E-state index < -0.39 is 64.7 Å². The quantitative estimate of drug-likeness (QED) is 0.179. The van der Waals surface area contributed by atoms with Crippen LogP contribution in [0, 0.1) is 22.7 Å². The van der Waals surface area contributed by atoms with E-state index in [0.717, 1.165) is 44.9 Å². The highest BCUT2D eigenvalue weighted by atomic mass is 16.5. The Hall–Kier alpha value is -3.38. The molecule has 0 aromatic heterocycles. The van der Waals surface area contributed by atoms with Gasteiger partial charge >= 0.3 is 12.1 Å². The van der Waals surface area contributed by atoms with Gasteiger partial charge in [0.25, 0.3) is 5.91 Å². The SMILES string of the molecule is CCNC(=O)OCC(NC(=O)NC(C(=O)N1CCC(CC)C1C(=O)NC(CC1CC1)C(=O)C(N)=O)C1(C)CCCCC1)C(C)(C)C. The lowest BCUT2D eigenvalue weighted by Crippen LogP contribution is -2.63. The lowest BCUT2D eigenvalue weighted by molar-refractivity contribution is -0.145. The standard InChI is InChI=1S/C33H56N6O7/c1-7-21-14-17-39(24(21)28(42)36-22(18-20-12-13-20)25(40)27(34)41)29(43)26(33(6)15-10-9-11-16-33)38-30(44)37-23(32(3,4)5)19-46-31(45)35-8-2/h20-24,26H,7-19H2,1-6H3,(H2,34,41)(H,35,45)(H,36,42)(H2,37,38,44). The number of ketones is 1. The summed E-state index contributed by atoms with van der Waals surface area (Å²) in [5, 5.41) is 11.3. The third-order valence-electron chi connectivity index (χ3n) is 10.0. The molecule has 3 fully saturated rings. The van der Waals surface area contributed by atoms with E-state index in [0.29, 0.717) is 32.4 Å². The molecular formula is C33H56N6O7. The Morgan fingerprint density at radius 2 is 1.61 bits per heavy atom. The highest BCUT2D eigenvalue weighted by Crippen LogP contribution is 2.41. The van der Waals surface area contributed by atoms with E-state index in [1.165, 1.54) is 0 Å². The summed E-state index contributed by atoms with van der Waals surface area (Å²) in [4.78, 5) is 79.9. The van der Waals surface area contributed by atoms with E-state index in [2.05, 4.69) is 21.3 Å². The average molecular weight is 649 g/mol. The Kier molecular flexibility index (Phi) is 12.9. The number of hydrogen-bond acceptors (Lipinski definition) is 7. The van der Waals surface area contributed by atoms with Crippen LogP contribution < -0.4 is 27.0 Å². The van der Waals surface area contributed by atoms with Crippen molar-refractivity contribution in [2.24, 2.45) is 28.4 Å². The zero-order valence-electron chi connectivity index (χ0n) is 28.5. The molecule has 1 aliphatic heterocycles. The molecule has 5 atom stereocenters. The molecule has 5 unspecified atom stereocenters. The summed E-state index contributed by atoms with van der Waals surface area (Å²) in [5.41, 5.74) is 4.28. The fraction of sp³-hybridized carbons (Fsp3) is 0.818. The van der Waals surface area contributed by atoms with Gasteiger partial charge in [-0.15, -0.1) is 0 Å². The Balaban J connectivity index is 1.84. The van der Waals surface area contributed by atoms with Gasteiger partial charge < -0.3 is 36.6 Å². The molecule has 13 heteroatoms. The number of nitrogens with two attached hydrogens (primary N) is 1. The van der Waals surface area contributed by atoms with Crippen molar-refractivity contribution in [2.45, 2.75) is 130 Å². The van der Waals surface area contributed by atoms with Crippen LogP contribution in [0.4, 0.5) is 9.59 Å². The molecule has 260 valence electrons. The number of Topliss-reactive ketones (excluding diaryl/α,β-unsaturated/α-hetero) is 1. The fourth-order valence-corrected chi connectivity index (χ4v) is 6.78. The summed E-state index contributed by atoms with van der Waals surface area (Å²) >= 11 is 0. The zero-order valence-corrected chi connectivity index (χ0v) is 28.5. The molecule has 0 aromatic carbocycles. The largest absolute Gasteiger partial charge is 0.447 e. The maximum atomic E-state index is 14.5. The molecule has 2 saturated carbocycles. The molecule has 13 nitrogen and oxygen atoms in total. The van der Waals surface area contributed by atoms with Crippen LogP contribution in [-0.2, 0) is 23.9 Å². The number of primary amides is 1. The van der Waals surface area contributed by atoms with Crippen molar-refractivity contribution in [3.63, 3.8) is 0 Å². The fourth-order valence-electron chi connectivity index (χ4n) is 6.78. The molecule has 0 spiro atoms. The third-order valence-corrected chi connectivity index (χ3v) is 10.0. The molecule has 0 bridgehead atoms. The number of likely N-dealkylation sites (tertiary alicyclic amines) is 1. The van der Waals surface area contributed by atoms with Crippen molar-refractivity contribution >= 4 is 35.6 Å². The normalized spacial score (nSPS) is 23.0. The molecule has 2 aliphatic carbocycles. The number of nitrogens with one attached hydrogen (secondary N) is 4. The second-order valence-corrected chi connectivity index (χ2v) is 14.7. The maximum absolute atomic E-state index is 14.5. The molecule has 1 heterocycles. The van der Waals surface area contributed by atoms with Crippen LogP contribution in [0.25, 0.3) is 0 Å². The van der Waals surface area contributed by atoms with Crippen LogP contribution in [0.3, 0.4) is 0 Å². The van der Waals surface area contributed by atoms with E-state index in [1.54, 1.807) is 11.8 Å². The van der Waals surface area contributed by atoms with Crippen LogP contribution in [0.2, 0.25) is 0 Å². The van der Waals surface area contributed by atoms with Crippen molar-refractivity contribution in [1.29, 1.82) is 0 Å².